The Morgan fingerprint density at radius 3 is 2.81 bits per heavy atom. The number of aromatic nitrogens is 1. The minimum Gasteiger partial charge on any atom is -0.387 e. The average Bonchev–Trinajstić information content (AvgIpc) is 2.52. The maximum Gasteiger partial charge on any atom is 0.0935 e. The van der Waals surface area contributed by atoms with Crippen LogP contribution in [0, 0.1) is 6.92 Å². The van der Waals surface area contributed by atoms with Gasteiger partial charge in [0.15, 0.2) is 0 Å². The van der Waals surface area contributed by atoms with Gasteiger partial charge in [-0.25, -0.2) is 0 Å². The molecule has 0 saturated heterocycles. The summed E-state index contributed by atoms with van der Waals surface area (Å²) in [7, 11) is 1.96. The van der Waals surface area contributed by atoms with Crippen molar-refractivity contribution in [2.45, 2.75) is 13.0 Å². The monoisotopic (exact) mass is 238 g/mol. The van der Waals surface area contributed by atoms with Crippen LogP contribution < -0.4 is 5.73 Å². The lowest BCUT2D eigenvalue weighted by molar-refractivity contribution is 0.187. The van der Waals surface area contributed by atoms with E-state index in [1.165, 1.54) is 0 Å². The van der Waals surface area contributed by atoms with Gasteiger partial charge in [-0.1, -0.05) is 17.7 Å². The van der Waals surface area contributed by atoms with Crippen molar-refractivity contribution in [2.75, 3.05) is 6.54 Å². The van der Waals surface area contributed by atoms with E-state index < -0.39 is 6.10 Å². The molecule has 0 radical (unpaired) electrons. The molecule has 0 spiro atoms. The topological polar surface area (TPSA) is 51.2 Å². The number of aliphatic hydroxyl groups excluding tert-OH is 1. The van der Waals surface area contributed by atoms with E-state index >= 15 is 0 Å². The standard InChI is InChI=1S/C12H15ClN2O/c1-7-12(11(16)6-14)9-4-3-8(13)5-10(9)15(7)2/h3-5,11,16H,6,14H2,1-2H3. The molecule has 0 fully saturated rings. The normalized spacial score (nSPS) is 13.3. The van der Waals surface area contributed by atoms with Crippen LogP contribution in [-0.4, -0.2) is 16.2 Å². The highest BCUT2D eigenvalue weighted by atomic mass is 35.5. The third-order valence-corrected chi connectivity index (χ3v) is 3.30. The van der Waals surface area contributed by atoms with Crippen LogP contribution in [0.4, 0.5) is 0 Å². The number of fused-ring (bicyclic) bond motifs is 1. The van der Waals surface area contributed by atoms with Gasteiger partial charge in [0.2, 0.25) is 0 Å². The Labute approximate surface area is 99.4 Å². The zero-order valence-corrected chi connectivity index (χ0v) is 10.1. The molecular formula is C12H15ClN2O. The van der Waals surface area contributed by atoms with Crippen molar-refractivity contribution in [3.63, 3.8) is 0 Å². The molecule has 1 heterocycles. The van der Waals surface area contributed by atoms with Gasteiger partial charge in [0.05, 0.1) is 6.10 Å². The van der Waals surface area contributed by atoms with Crippen LogP contribution in [0.25, 0.3) is 10.9 Å². The van der Waals surface area contributed by atoms with Crippen molar-refractivity contribution >= 4 is 22.5 Å². The van der Waals surface area contributed by atoms with Gasteiger partial charge in [-0.3, -0.25) is 0 Å². The molecule has 0 aliphatic rings. The number of rotatable bonds is 2. The molecule has 0 aliphatic carbocycles. The molecule has 3 N–H and O–H groups in total. The predicted octanol–water partition coefficient (Wildman–Crippen LogP) is 2.13. The van der Waals surface area contributed by atoms with Crippen molar-refractivity contribution in [2.24, 2.45) is 12.8 Å². The summed E-state index contributed by atoms with van der Waals surface area (Å²) >= 11 is 5.97. The van der Waals surface area contributed by atoms with E-state index in [1.807, 2.05) is 36.7 Å². The summed E-state index contributed by atoms with van der Waals surface area (Å²) in [5.74, 6) is 0. The van der Waals surface area contributed by atoms with Crippen LogP contribution in [0.5, 0.6) is 0 Å². The van der Waals surface area contributed by atoms with Crippen molar-refractivity contribution < 1.29 is 5.11 Å². The number of aryl methyl sites for hydroxylation is 1. The molecule has 0 saturated carbocycles. The van der Waals surface area contributed by atoms with Crippen LogP contribution in [0.3, 0.4) is 0 Å². The van der Waals surface area contributed by atoms with E-state index in [-0.39, 0.29) is 6.54 Å². The van der Waals surface area contributed by atoms with E-state index in [4.69, 9.17) is 17.3 Å². The third-order valence-electron chi connectivity index (χ3n) is 3.06. The van der Waals surface area contributed by atoms with E-state index in [0.717, 1.165) is 22.2 Å². The Balaban J connectivity index is 2.79. The lowest BCUT2D eigenvalue weighted by Crippen LogP contribution is -2.12. The Hall–Kier alpha value is -1.03. The molecular weight excluding hydrogens is 224 g/mol. The summed E-state index contributed by atoms with van der Waals surface area (Å²) < 4.78 is 2.02. The van der Waals surface area contributed by atoms with Gasteiger partial charge in [0.25, 0.3) is 0 Å². The molecule has 86 valence electrons. The second-order valence-corrected chi connectivity index (χ2v) is 4.41. The van der Waals surface area contributed by atoms with Gasteiger partial charge < -0.3 is 15.4 Å². The molecule has 1 aromatic carbocycles. The molecule has 0 amide bonds. The molecule has 1 atom stereocenters. The van der Waals surface area contributed by atoms with Crippen molar-refractivity contribution in [3.8, 4) is 0 Å². The highest BCUT2D eigenvalue weighted by Crippen LogP contribution is 2.31. The number of nitrogens with zero attached hydrogens (tertiary/aromatic N) is 1. The van der Waals surface area contributed by atoms with Gasteiger partial charge in [0.1, 0.15) is 0 Å². The molecule has 1 aromatic heterocycles. The van der Waals surface area contributed by atoms with Crippen LogP contribution >= 0.6 is 11.6 Å². The summed E-state index contributed by atoms with van der Waals surface area (Å²) in [6, 6.07) is 5.66. The summed E-state index contributed by atoms with van der Waals surface area (Å²) in [6.45, 7) is 2.20. The van der Waals surface area contributed by atoms with Gasteiger partial charge in [-0.15, -0.1) is 0 Å². The predicted molar refractivity (Wildman–Crippen MR) is 66.7 cm³/mol. The number of nitrogens with two attached hydrogens (primary N) is 1. The third kappa shape index (κ3) is 1.61. The fourth-order valence-corrected chi connectivity index (χ4v) is 2.27. The second-order valence-electron chi connectivity index (χ2n) is 3.97. The molecule has 0 bridgehead atoms. The fraction of sp³-hybridized carbons (Fsp3) is 0.333. The van der Waals surface area contributed by atoms with Crippen LogP contribution in [0.15, 0.2) is 18.2 Å². The maximum atomic E-state index is 9.92. The van der Waals surface area contributed by atoms with Crippen molar-refractivity contribution in [1.82, 2.24) is 4.57 Å². The SMILES string of the molecule is Cc1c(C(O)CN)c2ccc(Cl)cc2n1C. The average molecular weight is 239 g/mol. The first kappa shape index (κ1) is 11.5. The van der Waals surface area contributed by atoms with Crippen LogP contribution in [0.2, 0.25) is 5.02 Å². The van der Waals surface area contributed by atoms with Gasteiger partial charge >= 0.3 is 0 Å². The van der Waals surface area contributed by atoms with Gasteiger partial charge in [-0.05, 0) is 19.1 Å². The van der Waals surface area contributed by atoms with E-state index in [9.17, 15) is 5.11 Å². The molecule has 2 aromatic rings. The Kier molecular flexibility index (Phi) is 2.93. The summed E-state index contributed by atoms with van der Waals surface area (Å²) in [6.07, 6.45) is -0.620. The first-order valence-electron chi connectivity index (χ1n) is 5.18. The van der Waals surface area contributed by atoms with Crippen LogP contribution in [-0.2, 0) is 7.05 Å². The Bertz CT molecular complexity index is 533. The zero-order chi connectivity index (χ0) is 11.9. The highest BCUT2D eigenvalue weighted by molar-refractivity contribution is 6.31. The summed E-state index contributed by atoms with van der Waals surface area (Å²) in [4.78, 5) is 0. The molecule has 1 unspecified atom stereocenters. The van der Waals surface area contributed by atoms with Crippen LogP contribution in [0.1, 0.15) is 17.4 Å². The van der Waals surface area contributed by atoms with E-state index in [1.54, 1.807) is 0 Å². The summed E-state index contributed by atoms with van der Waals surface area (Å²) in [5.41, 5.74) is 8.46. The highest BCUT2D eigenvalue weighted by Gasteiger charge is 2.17. The van der Waals surface area contributed by atoms with Crippen molar-refractivity contribution in [1.29, 1.82) is 0 Å². The molecule has 3 nitrogen and oxygen atoms in total. The van der Waals surface area contributed by atoms with E-state index in [0.29, 0.717) is 5.02 Å². The Morgan fingerprint density at radius 1 is 1.50 bits per heavy atom. The number of aliphatic hydroxyl groups is 1. The van der Waals surface area contributed by atoms with Gasteiger partial charge in [-0.2, -0.15) is 0 Å². The number of hydrogen-bond donors (Lipinski definition) is 2. The Morgan fingerprint density at radius 2 is 2.19 bits per heavy atom. The maximum absolute atomic E-state index is 9.92. The lowest BCUT2D eigenvalue weighted by atomic mass is 10.1. The molecule has 2 rings (SSSR count). The van der Waals surface area contributed by atoms with Crippen molar-refractivity contribution in [3.05, 3.63) is 34.5 Å². The smallest absolute Gasteiger partial charge is 0.0935 e. The lowest BCUT2D eigenvalue weighted by Gasteiger charge is -2.08. The number of benzene rings is 1. The molecule has 0 aliphatic heterocycles. The van der Waals surface area contributed by atoms with E-state index in [2.05, 4.69) is 0 Å². The number of halogens is 1. The minimum absolute atomic E-state index is 0.225. The zero-order valence-electron chi connectivity index (χ0n) is 9.37. The molecule has 16 heavy (non-hydrogen) atoms. The number of hydrogen-bond acceptors (Lipinski definition) is 2. The first-order valence-corrected chi connectivity index (χ1v) is 5.56. The van der Waals surface area contributed by atoms with Gasteiger partial charge in [0, 0.05) is 40.8 Å². The minimum atomic E-state index is -0.620. The summed E-state index contributed by atoms with van der Waals surface area (Å²) in [5, 5.41) is 11.6. The fourth-order valence-electron chi connectivity index (χ4n) is 2.10. The first-order chi connectivity index (χ1) is 7.56. The largest absolute Gasteiger partial charge is 0.387 e. The quantitative estimate of drug-likeness (QED) is 0.842. The molecule has 4 heteroatoms. The second kappa shape index (κ2) is 4.09.